The molecule has 0 unspecified atom stereocenters. The zero-order valence-corrected chi connectivity index (χ0v) is 12.3. The van der Waals surface area contributed by atoms with Gasteiger partial charge in [0.1, 0.15) is 0 Å². The van der Waals surface area contributed by atoms with Gasteiger partial charge in [0.2, 0.25) is 5.91 Å². The highest BCUT2D eigenvalue weighted by Crippen LogP contribution is 2.18. The van der Waals surface area contributed by atoms with Crippen molar-refractivity contribution in [3.05, 3.63) is 0 Å². The lowest BCUT2D eigenvalue weighted by atomic mass is 9.93. The van der Waals surface area contributed by atoms with Crippen LogP contribution in [0.1, 0.15) is 45.4 Å². The van der Waals surface area contributed by atoms with Gasteiger partial charge in [0, 0.05) is 25.6 Å². The number of hydrogen-bond acceptors (Lipinski definition) is 3. The fourth-order valence-corrected chi connectivity index (χ4v) is 3.20. The van der Waals surface area contributed by atoms with E-state index in [0.717, 1.165) is 64.3 Å². The van der Waals surface area contributed by atoms with E-state index < -0.39 is 0 Å². The van der Waals surface area contributed by atoms with Crippen LogP contribution in [-0.4, -0.2) is 49.6 Å². The molecule has 0 spiro atoms. The van der Waals surface area contributed by atoms with Gasteiger partial charge in [-0.15, -0.1) is 0 Å². The van der Waals surface area contributed by atoms with Gasteiger partial charge >= 0.3 is 0 Å². The van der Waals surface area contributed by atoms with Gasteiger partial charge in [0.15, 0.2) is 0 Å². The van der Waals surface area contributed by atoms with E-state index >= 15 is 0 Å². The molecule has 2 rings (SSSR count). The Morgan fingerprint density at radius 3 is 2.53 bits per heavy atom. The van der Waals surface area contributed by atoms with Gasteiger partial charge in [-0.3, -0.25) is 4.79 Å². The average molecular weight is 267 g/mol. The standard InChI is InChI=1S/C15H29N3O/c1-2-18-11-7-14(8-12-18)17-15(19)4-3-13-5-9-16-10-6-13/h13-14,16H,2-12H2,1H3,(H,17,19). The van der Waals surface area contributed by atoms with Crippen molar-refractivity contribution in [3.8, 4) is 0 Å². The molecule has 0 aromatic carbocycles. The van der Waals surface area contributed by atoms with Gasteiger partial charge in [0.25, 0.3) is 0 Å². The third-order valence-corrected chi connectivity index (χ3v) is 4.64. The molecular formula is C15H29N3O. The summed E-state index contributed by atoms with van der Waals surface area (Å²) in [5.74, 6) is 1.03. The highest BCUT2D eigenvalue weighted by Gasteiger charge is 2.20. The Labute approximate surface area is 117 Å². The molecule has 19 heavy (non-hydrogen) atoms. The Kier molecular flexibility index (Phi) is 6.11. The maximum Gasteiger partial charge on any atom is 0.220 e. The summed E-state index contributed by atoms with van der Waals surface area (Å²) < 4.78 is 0. The van der Waals surface area contributed by atoms with Crippen LogP contribution in [-0.2, 0) is 4.79 Å². The number of piperidine rings is 2. The predicted molar refractivity (Wildman–Crippen MR) is 78.1 cm³/mol. The first kappa shape index (κ1) is 14.8. The average Bonchev–Trinajstić information content (AvgIpc) is 2.47. The minimum absolute atomic E-state index is 0.272. The molecule has 0 bridgehead atoms. The first-order valence-electron chi connectivity index (χ1n) is 8.00. The van der Waals surface area contributed by atoms with Gasteiger partial charge in [-0.25, -0.2) is 0 Å². The second-order valence-electron chi connectivity index (χ2n) is 6.01. The van der Waals surface area contributed by atoms with Crippen LogP contribution in [0.2, 0.25) is 0 Å². The van der Waals surface area contributed by atoms with E-state index in [9.17, 15) is 4.79 Å². The monoisotopic (exact) mass is 267 g/mol. The zero-order chi connectivity index (χ0) is 13.5. The molecule has 0 aliphatic carbocycles. The summed E-state index contributed by atoms with van der Waals surface area (Å²) in [6.45, 7) is 7.86. The summed E-state index contributed by atoms with van der Waals surface area (Å²) in [4.78, 5) is 14.4. The third kappa shape index (κ3) is 5.11. The smallest absolute Gasteiger partial charge is 0.220 e. The van der Waals surface area contributed by atoms with Gasteiger partial charge in [-0.2, -0.15) is 0 Å². The first-order valence-corrected chi connectivity index (χ1v) is 8.00. The molecule has 2 heterocycles. The van der Waals surface area contributed by atoms with Crippen LogP contribution in [0.5, 0.6) is 0 Å². The summed E-state index contributed by atoms with van der Waals surface area (Å²) >= 11 is 0. The van der Waals surface area contributed by atoms with E-state index in [1.54, 1.807) is 0 Å². The quantitative estimate of drug-likeness (QED) is 0.791. The molecule has 2 fully saturated rings. The fraction of sp³-hybridized carbons (Fsp3) is 0.933. The first-order chi connectivity index (χ1) is 9.28. The molecular weight excluding hydrogens is 238 g/mol. The lowest BCUT2D eigenvalue weighted by Crippen LogP contribution is -2.44. The van der Waals surface area contributed by atoms with E-state index in [2.05, 4.69) is 22.5 Å². The van der Waals surface area contributed by atoms with Crippen LogP contribution in [0.4, 0.5) is 0 Å². The van der Waals surface area contributed by atoms with E-state index in [4.69, 9.17) is 0 Å². The van der Waals surface area contributed by atoms with Crippen molar-refractivity contribution in [2.24, 2.45) is 5.92 Å². The number of likely N-dealkylation sites (tertiary alicyclic amines) is 1. The predicted octanol–water partition coefficient (Wildman–Crippen LogP) is 1.37. The molecule has 4 heteroatoms. The van der Waals surface area contributed by atoms with Gasteiger partial charge in [-0.1, -0.05) is 6.92 Å². The Bertz CT molecular complexity index is 269. The Morgan fingerprint density at radius 1 is 1.21 bits per heavy atom. The molecule has 0 radical (unpaired) electrons. The molecule has 2 N–H and O–H groups in total. The molecule has 0 atom stereocenters. The molecule has 4 nitrogen and oxygen atoms in total. The van der Waals surface area contributed by atoms with Crippen LogP contribution in [0.3, 0.4) is 0 Å². The van der Waals surface area contributed by atoms with Crippen LogP contribution < -0.4 is 10.6 Å². The van der Waals surface area contributed by atoms with Gasteiger partial charge in [-0.05, 0) is 57.7 Å². The van der Waals surface area contributed by atoms with Gasteiger partial charge in [0.05, 0.1) is 0 Å². The van der Waals surface area contributed by atoms with Crippen molar-refractivity contribution >= 4 is 5.91 Å². The lowest BCUT2D eigenvalue weighted by molar-refractivity contribution is -0.122. The maximum atomic E-state index is 12.0. The van der Waals surface area contributed by atoms with E-state index in [0.29, 0.717) is 6.04 Å². The minimum atomic E-state index is 0.272. The zero-order valence-electron chi connectivity index (χ0n) is 12.3. The largest absolute Gasteiger partial charge is 0.353 e. The molecule has 2 saturated heterocycles. The fourth-order valence-electron chi connectivity index (χ4n) is 3.20. The number of nitrogens with one attached hydrogen (secondary N) is 2. The third-order valence-electron chi connectivity index (χ3n) is 4.64. The molecule has 0 saturated carbocycles. The second kappa shape index (κ2) is 7.85. The van der Waals surface area contributed by atoms with E-state index in [1.165, 1.54) is 12.8 Å². The number of carbonyl (C=O) groups excluding carboxylic acids is 1. The van der Waals surface area contributed by atoms with Crippen molar-refractivity contribution in [1.82, 2.24) is 15.5 Å². The summed E-state index contributed by atoms with van der Waals surface area (Å²) in [6.07, 6.45) is 6.50. The summed E-state index contributed by atoms with van der Waals surface area (Å²) in [6, 6.07) is 0.420. The van der Waals surface area contributed by atoms with Crippen LogP contribution in [0.15, 0.2) is 0 Å². The molecule has 2 aliphatic heterocycles. The molecule has 0 aromatic heterocycles. The van der Waals surface area contributed by atoms with Crippen molar-refractivity contribution in [1.29, 1.82) is 0 Å². The minimum Gasteiger partial charge on any atom is -0.353 e. The Balaban J connectivity index is 1.59. The van der Waals surface area contributed by atoms with Crippen molar-refractivity contribution in [2.75, 3.05) is 32.7 Å². The SMILES string of the molecule is CCN1CCC(NC(=O)CCC2CCNCC2)CC1. The van der Waals surface area contributed by atoms with Crippen LogP contribution in [0, 0.1) is 5.92 Å². The number of carbonyl (C=O) groups is 1. The van der Waals surface area contributed by atoms with Crippen molar-refractivity contribution < 1.29 is 4.79 Å². The van der Waals surface area contributed by atoms with Crippen molar-refractivity contribution in [2.45, 2.75) is 51.5 Å². The summed E-state index contributed by atoms with van der Waals surface area (Å²) in [5.41, 5.74) is 0. The van der Waals surface area contributed by atoms with Gasteiger partial charge < -0.3 is 15.5 Å². The van der Waals surface area contributed by atoms with Crippen LogP contribution >= 0.6 is 0 Å². The van der Waals surface area contributed by atoms with Crippen LogP contribution in [0.25, 0.3) is 0 Å². The van der Waals surface area contributed by atoms with E-state index in [1.807, 2.05) is 0 Å². The summed E-state index contributed by atoms with van der Waals surface area (Å²) in [7, 11) is 0. The van der Waals surface area contributed by atoms with E-state index in [-0.39, 0.29) is 5.91 Å². The molecule has 1 amide bonds. The maximum absolute atomic E-state index is 12.0. The Hall–Kier alpha value is -0.610. The second-order valence-corrected chi connectivity index (χ2v) is 6.01. The molecule has 110 valence electrons. The lowest BCUT2D eigenvalue weighted by Gasteiger charge is -2.31. The number of rotatable bonds is 5. The number of amides is 1. The number of nitrogens with zero attached hydrogens (tertiary/aromatic N) is 1. The summed E-state index contributed by atoms with van der Waals surface area (Å²) in [5, 5.41) is 6.59. The highest BCUT2D eigenvalue weighted by molar-refractivity contribution is 5.76. The van der Waals surface area contributed by atoms with Crippen molar-refractivity contribution in [3.63, 3.8) is 0 Å². The highest BCUT2D eigenvalue weighted by atomic mass is 16.1. The number of hydrogen-bond donors (Lipinski definition) is 2. The Morgan fingerprint density at radius 2 is 1.89 bits per heavy atom. The topological polar surface area (TPSA) is 44.4 Å². The molecule has 2 aliphatic rings. The molecule has 0 aromatic rings. The normalized spacial score (nSPS) is 23.4.